The summed E-state index contributed by atoms with van der Waals surface area (Å²) < 4.78 is 0. The predicted octanol–water partition coefficient (Wildman–Crippen LogP) is 15.6. The smallest absolute Gasteiger partial charge is 0.146 e. The highest BCUT2D eigenvalue weighted by molar-refractivity contribution is 7.44. The van der Waals surface area contributed by atoms with E-state index >= 15 is 0 Å². The van der Waals surface area contributed by atoms with Gasteiger partial charge in [0.2, 0.25) is 6.69 Å². The highest BCUT2D eigenvalue weighted by Crippen LogP contribution is 2.23. The number of hydrogen-bond donors (Lipinski definition) is 0. The minimum atomic E-state index is -1.84. The van der Waals surface area contributed by atoms with Crippen molar-refractivity contribution >= 4 is 40.5 Å². The molecule has 0 N–H and O–H groups in total. The first-order chi connectivity index (χ1) is 19.6. The lowest BCUT2D eigenvalue weighted by atomic mass is 10.0. The van der Waals surface area contributed by atoms with E-state index in [4.69, 9.17) is 33.8 Å². The van der Waals surface area contributed by atoms with Crippen LogP contribution in [0.25, 0.3) is 0 Å². The number of halogens is 3. The van der Waals surface area contributed by atoms with Crippen LogP contribution in [0, 0.1) is 0 Å². The molecule has 0 fully saturated rings. The summed E-state index contributed by atoms with van der Waals surface area (Å²) in [5.74, 6) is 0.844. The van der Waals surface area contributed by atoms with Gasteiger partial charge in [-0.15, -0.1) is 33.8 Å². The molecule has 40 heavy (non-hydrogen) atoms. The van der Waals surface area contributed by atoms with Crippen LogP contribution in [0.5, 0.6) is 0 Å². The van der Waals surface area contributed by atoms with Crippen LogP contribution in [0.15, 0.2) is 0 Å². The molecule has 0 bridgehead atoms. The van der Waals surface area contributed by atoms with E-state index in [0.29, 0.717) is 0 Å². The van der Waals surface area contributed by atoms with Gasteiger partial charge in [0.05, 0.1) is 0 Å². The Balaban J connectivity index is 3.04. The Bertz CT molecular complexity index is 452. The average molecular weight is 640 g/mol. The molecule has 0 aliphatic rings. The minimum absolute atomic E-state index is 0.844. The molecule has 0 unspecified atom stereocenters. The molecule has 0 spiro atoms. The zero-order valence-electron chi connectivity index (χ0n) is 27.4. The van der Waals surface area contributed by atoms with Gasteiger partial charge in [-0.25, -0.2) is 0 Å². The van der Waals surface area contributed by atoms with Gasteiger partial charge in [0.1, 0.15) is 0 Å². The third-order valence-electron chi connectivity index (χ3n) is 8.75. The highest BCUT2D eigenvalue weighted by Gasteiger charge is 2.19. The van der Waals surface area contributed by atoms with E-state index in [0.717, 1.165) is 11.9 Å². The lowest BCUT2D eigenvalue weighted by molar-refractivity contribution is 0.512. The first-order valence-corrected chi connectivity index (χ1v) is 23.8. The summed E-state index contributed by atoms with van der Waals surface area (Å²) >= 11 is 18.1. The standard InChI is InChI=1S/C36H73Cl3Si/c1-40(38,39)36-34-32-30-28-26-24-22-20-18-16-14-12-10-8-6-4-2-3-5-7-9-11-13-15-17-19-21-23-25-27-29-31-33-35-37/h2-36H2,1H3. The van der Waals surface area contributed by atoms with E-state index in [1.807, 2.05) is 6.55 Å². The molecule has 0 aliphatic carbocycles. The predicted molar refractivity (Wildman–Crippen MR) is 191 cm³/mol. The Morgan fingerprint density at radius 1 is 0.275 bits per heavy atom. The van der Waals surface area contributed by atoms with Gasteiger partial charge >= 0.3 is 0 Å². The summed E-state index contributed by atoms with van der Waals surface area (Å²) in [5.41, 5.74) is 0. The van der Waals surface area contributed by atoms with E-state index < -0.39 is 6.69 Å². The van der Waals surface area contributed by atoms with Gasteiger partial charge in [0.15, 0.2) is 0 Å². The van der Waals surface area contributed by atoms with Crippen LogP contribution in [0.2, 0.25) is 12.6 Å². The van der Waals surface area contributed by atoms with Crippen LogP contribution < -0.4 is 0 Å². The van der Waals surface area contributed by atoms with E-state index in [1.54, 1.807) is 0 Å². The third-order valence-corrected chi connectivity index (χ3v) is 11.4. The van der Waals surface area contributed by atoms with Crippen LogP contribution in [0.1, 0.15) is 212 Å². The molecule has 0 aliphatic heterocycles. The molecule has 242 valence electrons. The van der Waals surface area contributed by atoms with E-state index in [9.17, 15) is 0 Å². The Labute approximate surface area is 269 Å². The maximum atomic E-state index is 6.16. The molecule has 0 heterocycles. The van der Waals surface area contributed by atoms with Gasteiger partial charge in [-0.05, 0) is 19.0 Å². The van der Waals surface area contributed by atoms with Crippen LogP contribution in [-0.2, 0) is 0 Å². The van der Waals surface area contributed by atoms with E-state index in [-0.39, 0.29) is 0 Å². The molecular weight excluding hydrogens is 567 g/mol. The van der Waals surface area contributed by atoms with Gasteiger partial charge in [-0.2, -0.15) is 0 Å². The van der Waals surface area contributed by atoms with Crippen molar-refractivity contribution in [2.75, 3.05) is 5.88 Å². The van der Waals surface area contributed by atoms with Crippen LogP contribution in [0.3, 0.4) is 0 Å². The minimum Gasteiger partial charge on any atom is -0.146 e. The van der Waals surface area contributed by atoms with Crippen molar-refractivity contribution in [3.05, 3.63) is 0 Å². The van der Waals surface area contributed by atoms with Gasteiger partial charge in [0.25, 0.3) is 0 Å². The third kappa shape index (κ3) is 39.1. The monoisotopic (exact) mass is 638 g/mol. The fraction of sp³-hybridized carbons (Fsp3) is 1.00. The molecule has 0 saturated heterocycles. The fourth-order valence-electron chi connectivity index (χ4n) is 6.01. The number of alkyl halides is 1. The van der Waals surface area contributed by atoms with Crippen molar-refractivity contribution in [1.82, 2.24) is 0 Å². The summed E-state index contributed by atoms with van der Waals surface area (Å²) in [6, 6.07) is 1.06. The summed E-state index contributed by atoms with van der Waals surface area (Å²) in [6.45, 7) is 0.200. The Hall–Kier alpha value is 1.09. The van der Waals surface area contributed by atoms with Crippen molar-refractivity contribution in [3.63, 3.8) is 0 Å². The molecule has 0 amide bonds. The molecule has 0 radical (unpaired) electrons. The highest BCUT2D eigenvalue weighted by atomic mass is 35.7. The summed E-state index contributed by atoms with van der Waals surface area (Å²) in [7, 11) is 0. The molecule has 0 saturated carbocycles. The molecule has 0 aromatic carbocycles. The van der Waals surface area contributed by atoms with Crippen molar-refractivity contribution in [3.8, 4) is 0 Å². The number of unbranched alkanes of at least 4 members (excludes halogenated alkanes) is 32. The van der Waals surface area contributed by atoms with Crippen molar-refractivity contribution in [2.45, 2.75) is 224 Å². The fourth-order valence-corrected chi connectivity index (χ4v) is 7.87. The number of hydrogen-bond acceptors (Lipinski definition) is 0. The lowest BCUT2D eigenvalue weighted by Gasteiger charge is -2.09. The summed E-state index contributed by atoms with van der Waals surface area (Å²) in [6.07, 6.45) is 47.4. The summed E-state index contributed by atoms with van der Waals surface area (Å²) in [4.78, 5) is 0. The zero-order chi connectivity index (χ0) is 29.2. The number of rotatable bonds is 35. The quantitative estimate of drug-likeness (QED) is 0.0280. The Morgan fingerprint density at radius 3 is 0.575 bits per heavy atom. The molecule has 0 nitrogen and oxygen atoms in total. The maximum Gasteiger partial charge on any atom is 0.248 e. The van der Waals surface area contributed by atoms with Crippen LogP contribution in [0.4, 0.5) is 0 Å². The first-order valence-electron chi connectivity index (χ1n) is 18.5. The van der Waals surface area contributed by atoms with Gasteiger partial charge in [0, 0.05) is 5.88 Å². The van der Waals surface area contributed by atoms with Crippen molar-refractivity contribution < 1.29 is 0 Å². The normalized spacial score (nSPS) is 12.0. The molecule has 0 atom stereocenters. The molecule has 0 aromatic heterocycles. The van der Waals surface area contributed by atoms with Crippen LogP contribution >= 0.6 is 33.8 Å². The van der Waals surface area contributed by atoms with Gasteiger partial charge in [-0.1, -0.05) is 205 Å². The second-order valence-electron chi connectivity index (χ2n) is 13.2. The topological polar surface area (TPSA) is 0 Å². The maximum absolute atomic E-state index is 6.16. The zero-order valence-corrected chi connectivity index (χ0v) is 30.7. The molecule has 0 rings (SSSR count). The van der Waals surface area contributed by atoms with Gasteiger partial charge in [-0.3, -0.25) is 0 Å². The second-order valence-corrected chi connectivity index (χ2v) is 21.8. The molecule has 4 heteroatoms. The molecular formula is C36H73Cl3Si. The van der Waals surface area contributed by atoms with Gasteiger partial charge < -0.3 is 0 Å². The average Bonchev–Trinajstić information content (AvgIpc) is 2.92. The van der Waals surface area contributed by atoms with E-state index in [1.165, 1.54) is 212 Å². The lowest BCUT2D eigenvalue weighted by Crippen LogP contribution is -2.11. The van der Waals surface area contributed by atoms with Crippen molar-refractivity contribution in [2.24, 2.45) is 0 Å². The SMILES string of the molecule is C[Si](Cl)(Cl)CCCCCCCCCCCCCCCCCCCCCCCCCCCCCCCCCCCCl. The molecule has 0 aromatic rings. The second kappa shape index (κ2) is 34.6. The Kier molecular flexibility index (Phi) is 35.5. The largest absolute Gasteiger partial charge is 0.248 e. The summed E-state index contributed by atoms with van der Waals surface area (Å²) in [5, 5.41) is 0. The van der Waals surface area contributed by atoms with E-state index in [2.05, 4.69) is 0 Å². The van der Waals surface area contributed by atoms with Crippen LogP contribution in [-0.4, -0.2) is 12.6 Å². The van der Waals surface area contributed by atoms with Crippen molar-refractivity contribution in [1.29, 1.82) is 0 Å². The Morgan fingerprint density at radius 2 is 0.425 bits per heavy atom. The first kappa shape index (κ1) is 41.1.